The molecular formula is C41H40ClN4NaO6. The number of imide groups is 2. The summed E-state index contributed by atoms with van der Waals surface area (Å²) in [4.78, 5) is 54.6. The predicted molar refractivity (Wildman–Crippen MR) is 206 cm³/mol. The minimum Gasteiger partial charge on any atom is -0.857 e. The Labute approximate surface area is 335 Å². The van der Waals surface area contributed by atoms with Crippen LogP contribution in [-0.4, -0.2) is 87.9 Å². The van der Waals surface area contributed by atoms with Crippen molar-refractivity contribution in [2.24, 2.45) is 0 Å². The molecule has 0 bridgehead atoms. The van der Waals surface area contributed by atoms with E-state index in [9.17, 15) is 19.2 Å². The van der Waals surface area contributed by atoms with Crippen LogP contribution in [-0.2, 0) is 0 Å². The van der Waals surface area contributed by atoms with Crippen LogP contribution in [0.3, 0.4) is 0 Å². The predicted octanol–water partition coefficient (Wildman–Crippen LogP) is 2.90. The fourth-order valence-corrected chi connectivity index (χ4v) is 7.09. The number of fused-ring (bicyclic) bond motifs is 4. The van der Waals surface area contributed by atoms with Crippen molar-refractivity contribution in [1.82, 2.24) is 20.4 Å². The van der Waals surface area contributed by atoms with E-state index in [-0.39, 0.29) is 60.6 Å². The van der Waals surface area contributed by atoms with Gasteiger partial charge in [0.1, 0.15) is 5.75 Å². The van der Waals surface area contributed by atoms with Gasteiger partial charge in [0, 0.05) is 63.9 Å². The number of carbonyl (C=O) groups excluding carboxylic acids is 4. The molecule has 0 unspecified atom stereocenters. The Morgan fingerprint density at radius 1 is 0.623 bits per heavy atom. The second-order valence-electron chi connectivity index (χ2n) is 11.9. The number of benzene rings is 6. The minimum atomic E-state index is -0.264. The summed E-state index contributed by atoms with van der Waals surface area (Å²) in [6, 6.07) is 26.4. The first-order chi connectivity index (χ1) is 24.8. The number of nitrogens with zero attached hydrogens (tertiary/aromatic N) is 2. The van der Waals surface area contributed by atoms with Crippen molar-refractivity contribution < 1.29 is 58.6 Å². The first-order valence-corrected chi connectivity index (χ1v) is 16.8. The van der Waals surface area contributed by atoms with E-state index in [2.05, 4.69) is 10.6 Å². The van der Waals surface area contributed by atoms with Gasteiger partial charge in [-0.05, 0) is 72.0 Å². The molecule has 0 radical (unpaired) electrons. The van der Waals surface area contributed by atoms with E-state index in [1.165, 1.54) is 9.80 Å². The smallest absolute Gasteiger partial charge is 0.857 e. The molecule has 53 heavy (non-hydrogen) atoms. The van der Waals surface area contributed by atoms with Crippen molar-refractivity contribution in [1.29, 1.82) is 0 Å². The van der Waals surface area contributed by atoms with Gasteiger partial charge in [0.2, 0.25) is 0 Å². The molecule has 0 spiro atoms. The van der Waals surface area contributed by atoms with Crippen LogP contribution in [0.1, 0.15) is 48.9 Å². The zero-order valence-electron chi connectivity index (χ0n) is 29.6. The number of likely N-dealkylation sites (N-methyl/N-ethyl adjacent to an activating group) is 2. The first-order valence-electron chi connectivity index (χ1n) is 16.4. The zero-order chi connectivity index (χ0) is 36.4. The number of methoxy groups -OCH3 is 1. The summed E-state index contributed by atoms with van der Waals surface area (Å²) in [6.45, 7) is 1.77. The maximum atomic E-state index is 13.2. The summed E-state index contributed by atoms with van der Waals surface area (Å²) in [5.74, 6) is -0.361. The first kappa shape index (κ1) is 41.4. The van der Waals surface area contributed by atoms with Gasteiger partial charge in [-0.25, -0.2) is 0 Å². The number of halogens is 1. The molecule has 0 aliphatic carbocycles. The monoisotopic (exact) mass is 742 g/mol. The van der Waals surface area contributed by atoms with Crippen LogP contribution in [0.2, 0.25) is 5.02 Å². The third kappa shape index (κ3) is 7.16. The van der Waals surface area contributed by atoms with Gasteiger partial charge in [-0.2, -0.15) is 7.11 Å². The van der Waals surface area contributed by atoms with Crippen molar-refractivity contribution in [2.45, 2.75) is 7.43 Å². The van der Waals surface area contributed by atoms with Crippen molar-refractivity contribution in [2.75, 3.05) is 54.5 Å². The van der Waals surface area contributed by atoms with Gasteiger partial charge in [0.05, 0.1) is 18.2 Å². The number of nitrogens with one attached hydrogen (secondary N) is 2. The van der Waals surface area contributed by atoms with Gasteiger partial charge in [-0.3, -0.25) is 29.0 Å². The summed E-state index contributed by atoms with van der Waals surface area (Å²) < 4.78 is 5.47. The number of carbonyl (C=O) groups is 4. The van der Waals surface area contributed by atoms with E-state index in [1.54, 1.807) is 45.5 Å². The number of rotatable bonds is 7. The van der Waals surface area contributed by atoms with Crippen LogP contribution in [0.15, 0.2) is 84.9 Å². The Balaban J connectivity index is 0.000000218. The molecule has 0 saturated heterocycles. The van der Waals surface area contributed by atoms with Crippen molar-refractivity contribution in [3.63, 3.8) is 0 Å². The third-order valence-electron chi connectivity index (χ3n) is 9.22. The molecule has 2 aliphatic heterocycles. The topological polar surface area (TPSA) is 131 Å². The fraction of sp³-hybridized carbons (Fsp3) is 0.220. The Morgan fingerprint density at radius 3 is 1.53 bits per heavy atom. The van der Waals surface area contributed by atoms with Crippen molar-refractivity contribution in [3.8, 4) is 5.75 Å². The molecule has 0 fully saturated rings. The zero-order valence-corrected chi connectivity index (χ0v) is 32.4. The average molecular weight is 743 g/mol. The van der Waals surface area contributed by atoms with Crippen LogP contribution in [0.4, 0.5) is 0 Å². The van der Waals surface area contributed by atoms with E-state index in [0.717, 1.165) is 39.4 Å². The minimum absolute atomic E-state index is 0. The summed E-state index contributed by atoms with van der Waals surface area (Å²) >= 11 is 6.35. The maximum Gasteiger partial charge on any atom is 1.00 e. The van der Waals surface area contributed by atoms with Gasteiger partial charge in [-0.15, -0.1) is 0 Å². The molecule has 6 aromatic rings. The Kier molecular flexibility index (Phi) is 13.8. The quantitative estimate of drug-likeness (QED) is 0.145. The molecule has 268 valence electrons. The molecule has 4 amide bonds. The third-order valence-corrected chi connectivity index (χ3v) is 9.55. The molecule has 2 heterocycles. The number of hydrogen-bond donors (Lipinski definition) is 2. The molecule has 12 heteroatoms. The molecule has 0 aromatic heterocycles. The second-order valence-corrected chi connectivity index (χ2v) is 12.3. The van der Waals surface area contributed by atoms with E-state index >= 15 is 0 Å². The maximum absolute atomic E-state index is 13.2. The standard InChI is InChI=1S/C20H18N2O3.C19H15ClN2O2.CH3O.CH4.Na/c1-21-9-10-22-19(23)14-7-8-16(25-2)15-11-12-5-3-4-6-13(12)18(17(14)15)20(22)24;1-21-8-9-22-18(23)13-6-7-15(20)14-10-11-4-2-3-5-12(11)17(16(13)14)19(22)24;1-2;;/h3-8,11,21H,9-10H2,1-2H3;2-7,10,21H,8-9H2,1H3;1H3;1H4;/q;;-1;;+1. The molecule has 0 saturated carbocycles. The largest absolute Gasteiger partial charge is 1.00 e. The SMILES string of the molecule is C.CNCCN1C(=O)c2ccc(Cl)c3cc4ccccc4c(c23)C1=O.CNCCN1C(=O)c2ccc(OC)c3cc4ccccc4c(c23)C1=O.C[O-].[Na+]. The van der Waals surface area contributed by atoms with Gasteiger partial charge < -0.3 is 20.5 Å². The van der Waals surface area contributed by atoms with Gasteiger partial charge >= 0.3 is 29.6 Å². The van der Waals surface area contributed by atoms with Crippen molar-refractivity contribution >= 4 is 78.3 Å². The van der Waals surface area contributed by atoms with Gasteiger partial charge in [0.15, 0.2) is 0 Å². The Morgan fingerprint density at radius 2 is 1.06 bits per heavy atom. The molecule has 6 aromatic carbocycles. The molecular weight excluding hydrogens is 703 g/mol. The van der Waals surface area contributed by atoms with E-state index in [1.807, 2.05) is 60.7 Å². The number of hydrogen-bond acceptors (Lipinski definition) is 8. The summed E-state index contributed by atoms with van der Waals surface area (Å²) in [6.07, 6.45) is 0. The number of ether oxygens (including phenoxy) is 1. The molecule has 10 nitrogen and oxygen atoms in total. The van der Waals surface area contributed by atoms with Gasteiger partial charge in [-0.1, -0.05) is 67.6 Å². The van der Waals surface area contributed by atoms with Crippen LogP contribution in [0, 0.1) is 0 Å². The number of amides is 4. The van der Waals surface area contributed by atoms with E-state index < -0.39 is 0 Å². The van der Waals surface area contributed by atoms with E-state index in [0.29, 0.717) is 70.0 Å². The molecule has 2 aliphatic rings. The van der Waals surface area contributed by atoms with Crippen molar-refractivity contribution in [3.05, 3.63) is 112 Å². The summed E-state index contributed by atoms with van der Waals surface area (Å²) in [7, 11) is 5.94. The normalized spacial score (nSPS) is 12.9. The Bertz CT molecular complexity index is 2380. The second kappa shape index (κ2) is 17.6. The molecule has 0 atom stereocenters. The van der Waals surface area contributed by atoms with Crippen LogP contribution < -0.4 is 50.0 Å². The van der Waals surface area contributed by atoms with Gasteiger partial charge in [0.25, 0.3) is 23.6 Å². The van der Waals surface area contributed by atoms with Crippen LogP contribution in [0.5, 0.6) is 5.75 Å². The fourth-order valence-electron chi connectivity index (χ4n) is 6.88. The molecule has 8 rings (SSSR count). The molecule has 2 N–H and O–H groups in total. The summed E-state index contributed by atoms with van der Waals surface area (Å²) in [5.41, 5.74) is 2.23. The average Bonchev–Trinajstić information content (AvgIpc) is 3.16. The van der Waals surface area contributed by atoms with Crippen LogP contribution in [0.25, 0.3) is 43.1 Å². The summed E-state index contributed by atoms with van der Waals surface area (Å²) in [5, 5.41) is 21.3. The van der Waals surface area contributed by atoms with Crippen LogP contribution >= 0.6 is 11.6 Å². The van der Waals surface area contributed by atoms with E-state index in [4.69, 9.17) is 21.4 Å². The Hall–Kier alpha value is -4.39.